The summed E-state index contributed by atoms with van der Waals surface area (Å²) in [6.07, 6.45) is 7.54. The quantitative estimate of drug-likeness (QED) is 0.388. The molecule has 1 amide bonds. The second-order valence-electron chi connectivity index (χ2n) is 8.12. The zero-order chi connectivity index (χ0) is 25.2. The lowest BCUT2D eigenvalue weighted by Crippen LogP contribution is -2.17. The standard InChI is InChI=1S/C17H16N6O.C5H10O2.C4H10/c1-18-15-7-14(11-8-20-13-6-4-3-5-10(11)13)22-16-12(17(24)19-2)9-21-23(15)16;1-6-5-2-3-7-4-5;1-3-4-2/h3-9,18,20H,1-2H3,(H,19,24);5H,2-4H2,1H3;3-4H2,1-2H3. The van der Waals surface area contributed by atoms with Crippen LogP contribution in [0, 0.1) is 0 Å². The molecule has 1 fully saturated rings. The van der Waals surface area contributed by atoms with E-state index in [1.54, 1.807) is 18.7 Å². The topological polar surface area (TPSA) is 106 Å². The second kappa shape index (κ2) is 12.9. The van der Waals surface area contributed by atoms with Crippen LogP contribution in [0.1, 0.15) is 43.5 Å². The van der Waals surface area contributed by atoms with E-state index >= 15 is 0 Å². The minimum absolute atomic E-state index is 0.212. The summed E-state index contributed by atoms with van der Waals surface area (Å²) in [5, 5.41) is 11.1. The monoisotopic (exact) mass is 480 g/mol. The highest BCUT2D eigenvalue weighted by molar-refractivity contribution is 6.00. The van der Waals surface area contributed by atoms with Crippen molar-refractivity contribution in [1.82, 2.24) is 24.9 Å². The van der Waals surface area contributed by atoms with Crippen molar-refractivity contribution in [3.05, 3.63) is 48.3 Å². The number of hydrogen-bond acceptors (Lipinski definition) is 6. The molecule has 3 aromatic heterocycles. The number of aromatic amines is 1. The molecule has 5 rings (SSSR count). The van der Waals surface area contributed by atoms with Gasteiger partial charge in [-0.1, -0.05) is 44.9 Å². The normalized spacial score (nSPS) is 14.7. The fourth-order valence-corrected chi connectivity index (χ4v) is 3.56. The molecular weight excluding hydrogens is 444 g/mol. The number of carbonyl (C=O) groups excluding carboxylic acids is 1. The van der Waals surface area contributed by atoms with Gasteiger partial charge in [-0.15, -0.1) is 0 Å². The van der Waals surface area contributed by atoms with Crippen molar-refractivity contribution in [2.45, 2.75) is 39.2 Å². The first-order valence-corrected chi connectivity index (χ1v) is 12.0. The number of fused-ring (bicyclic) bond motifs is 2. The molecule has 1 unspecified atom stereocenters. The molecule has 0 bridgehead atoms. The predicted octanol–water partition coefficient (Wildman–Crippen LogP) is 4.51. The number of methoxy groups -OCH3 is 1. The molecule has 1 aromatic carbocycles. The Bertz CT molecular complexity index is 1220. The maximum absolute atomic E-state index is 12.1. The Balaban J connectivity index is 0.000000259. The number of rotatable bonds is 5. The average molecular weight is 481 g/mol. The Labute approximate surface area is 206 Å². The lowest BCUT2D eigenvalue weighted by Gasteiger charge is -2.07. The number of aromatic nitrogens is 4. The molecule has 4 heterocycles. The van der Waals surface area contributed by atoms with Crippen molar-refractivity contribution >= 4 is 28.3 Å². The number of ether oxygens (including phenoxy) is 2. The minimum Gasteiger partial charge on any atom is -0.379 e. The Morgan fingerprint density at radius 1 is 1.26 bits per heavy atom. The van der Waals surface area contributed by atoms with Gasteiger partial charge in [-0.3, -0.25) is 4.79 Å². The zero-order valence-corrected chi connectivity index (χ0v) is 21.2. The van der Waals surface area contributed by atoms with E-state index in [2.05, 4.69) is 39.5 Å². The highest BCUT2D eigenvalue weighted by Gasteiger charge is 2.17. The lowest BCUT2D eigenvalue weighted by atomic mass is 10.1. The van der Waals surface area contributed by atoms with Gasteiger partial charge in [0.15, 0.2) is 5.65 Å². The fraction of sp³-hybridized carbons (Fsp3) is 0.423. The number of hydrogen-bond donors (Lipinski definition) is 3. The first kappa shape index (κ1) is 26.2. The van der Waals surface area contributed by atoms with Crippen LogP contribution in [0.2, 0.25) is 0 Å². The van der Waals surface area contributed by atoms with Crippen molar-refractivity contribution in [3.63, 3.8) is 0 Å². The molecule has 0 radical (unpaired) electrons. The maximum Gasteiger partial charge on any atom is 0.256 e. The number of amides is 1. The third kappa shape index (κ3) is 6.17. The number of unbranched alkanes of at least 4 members (excludes halogenated alkanes) is 1. The molecule has 1 saturated heterocycles. The van der Waals surface area contributed by atoms with Crippen molar-refractivity contribution in [2.24, 2.45) is 0 Å². The van der Waals surface area contributed by atoms with Crippen LogP contribution in [0.15, 0.2) is 42.7 Å². The summed E-state index contributed by atoms with van der Waals surface area (Å²) in [5.74, 6) is 0.547. The number of nitrogens with zero attached hydrogens (tertiary/aromatic N) is 3. The van der Waals surface area contributed by atoms with Crippen molar-refractivity contribution in [1.29, 1.82) is 0 Å². The number of anilines is 1. The first-order valence-electron chi connectivity index (χ1n) is 12.0. The first-order chi connectivity index (χ1) is 17.1. The fourth-order valence-electron chi connectivity index (χ4n) is 3.56. The molecule has 3 N–H and O–H groups in total. The van der Waals surface area contributed by atoms with Crippen LogP contribution >= 0.6 is 0 Å². The number of nitrogens with one attached hydrogen (secondary N) is 3. The van der Waals surface area contributed by atoms with Crippen LogP contribution < -0.4 is 10.6 Å². The van der Waals surface area contributed by atoms with Crippen molar-refractivity contribution < 1.29 is 14.3 Å². The second-order valence-corrected chi connectivity index (χ2v) is 8.12. The van der Waals surface area contributed by atoms with Gasteiger partial charge in [-0.2, -0.15) is 9.61 Å². The van der Waals surface area contributed by atoms with Gasteiger partial charge in [0.1, 0.15) is 11.4 Å². The van der Waals surface area contributed by atoms with E-state index in [-0.39, 0.29) is 5.91 Å². The van der Waals surface area contributed by atoms with Gasteiger partial charge in [0.25, 0.3) is 5.91 Å². The summed E-state index contributed by atoms with van der Waals surface area (Å²) in [6.45, 7) is 6.02. The van der Waals surface area contributed by atoms with Gasteiger partial charge in [-0.05, 0) is 12.5 Å². The number of H-pyrrole nitrogens is 1. The van der Waals surface area contributed by atoms with Crippen LogP contribution in [0.25, 0.3) is 27.8 Å². The van der Waals surface area contributed by atoms with E-state index in [9.17, 15) is 4.79 Å². The largest absolute Gasteiger partial charge is 0.379 e. The van der Waals surface area contributed by atoms with E-state index in [0.717, 1.165) is 47.6 Å². The highest BCUT2D eigenvalue weighted by Crippen LogP contribution is 2.29. The molecule has 1 aliphatic rings. The summed E-state index contributed by atoms with van der Waals surface area (Å²) in [6, 6.07) is 9.96. The van der Waals surface area contributed by atoms with Crippen molar-refractivity contribution in [3.8, 4) is 11.3 Å². The summed E-state index contributed by atoms with van der Waals surface area (Å²) in [4.78, 5) is 20.0. The molecular formula is C26H36N6O3. The van der Waals surface area contributed by atoms with Gasteiger partial charge >= 0.3 is 0 Å². The molecule has 1 aliphatic heterocycles. The molecule has 35 heavy (non-hydrogen) atoms. The van der Waals surface area contributed by atoms with Gasteiger partial charge < -0.3 is 25.1 Å². The number of benzene rings is 1. The van der Waals surface area contributed by atoms with E-state index in [1.807, 2.05) is 43.6 Å². The summed E-state index contributed by atoms with van der Waals surface area (Å²) >= 11 is 0. The van der Waals surface area contributed by atoms with Gasteiger partial charge in [0, 0.05) is 56.5 Å². The Morgan fingerprint density at radius 2 is 2.03 bits per heavy atom. The van der Waals surface area contributed by atoms with E-state index in [1.165, 1.54) is 19.0 Å². The SMILES string of the molecule is CCCC.CNC(=O)c1cnn2c(NC)cc(-c3c[nH]c4ccccc34)nc12.COC1CCOC1. The molecule has 188 valence electrons. The molecule has 1 atom stereocenters. The van der Waals surface area contributed by atoms with Gasteiger partial charge in [0.05, 0.1) is 24.6 Å². The maximum atomic E-state index is 12.1. The summed E-state index contributed by atoms with van der Waals surface area (Å²) in [5.41, 5.74) is 3.75. The van der Waals surface area contributed by atoms with E-state index < -0.39 is 0 Å². The summed E-state index contributed by atoms with van der Waals surface area (Å²) < 4.78 is 11.6. The number of para-hydroxylation sites is 1. The van der Waals surface area contributed by atoms with Crippen LogP contribution in [-0.2, 0) is 9.47 Å². The smallest absolute Gasteiger partial charge is 0.256 e. The molecule has 0 saturated carbocycles. The average Bonchev–Trinajstić information content (AvgIpc) is 3.67. The van der Waals surface area contributed by atoms with E-state index in [4.69, 9.17) is 9.47 Å². The molecule has 4 aromatic rings. The summed E-state index contributed by atoms with van der Waals surface area (Å²) in [7, 11) is 5.13. The van der Waals surface area contributed by atoms with Gasteiger partial charge in [-0.25, -0.2) is 4.98 Å². The minimum atomic E-state index is -0.212. The molecule has 0 spiro atoms. The van der Waals surface area contributed by atoms with Crippen LogP contribution in [-0.4, -0.2) is 66.0 Å². The lowest BCUT2D eigenvalue weighted by molar-refractivity contribution is 0.0822. The zero-order valence-electron chi connectivity index (χ0n) is 21.2. The third-order valence-corrected chi connectivity index (χ3v) is 5.79. The predicted molar refractivity (Wildman–Crippen MR) is 140 cm³/mol. The molecule has 9 nitrogen and oxygen atoms in total. The van der Waals surface area contributed by atoms with Crippen LogP contribution in [0.4, 0.5) is 5.82 Å². The number of carbonyl (C=O) groups is 1. The molecule has 0 aliphatic carbocycles. The van der Waals surface area contributed by atoms with Crippen LogP contribution in [0.5, 0.6) is 0 Å². The third-order valence-electron chi connectivity index (χ3n) is 5.79. The van der Waals surface area contributed by atoms with E-state index in [0.29, 0.717) is 17.3 Å². The Hall–Kier alpha value is -3.43. The Kier molecular flexibility index (Phi) is 9.63. The van der Waals surface area contributed by atoms with Gasteiger partial charge in [0.2, 0.25) is 0 Å². The highest BCUT2D eigenvalue weighted by atomic mass is 16.5. The Morgan fingerprint density at radius 3 is 2.63 bits per heavy atom. The van der Waals surface area contributed by atoms with Crippen LogP contribution in [0.3, 0.4) is 0 Å². The molecule has 9 heteroatoms. The van der Waals surface area contributed by atoms with Crippen molar-refractivity contribution in [2.75, 3.05) is 39.7 Å².